The molecule has 0 bridgehead atoms. The van der Waals surface area contributed by atoms with Gasteiger partial charge in [0, 0.05) is 5.27 Å². The molecule has 0 aromatic carbocycles. The lowest BCUT2D eigenvalue weighted by molar-refractivity contribution is 0.393. The van der Waals surface area contributed by atoms with Crippen LogP contribution in [0.25, 0.3) is 0 Å². The second-order valence-corrected chi connectivity index (χ2v) is 1.38. The minimum atomic E-state index is 1.40. The number of rotatable bonds is 0. The maximum atomic E-state index is 4.22. The fraction of sp³-hybridized carbons (Fsp3) is 0. The van der Waals surface area contributed by atoms with Crippen molar-refractivity contribution in [2.75, 3.05) is 0 Å². The van der Waals surface area contributed by atoms with E-state index in [4.69, 9.17) is 0 Å². The summed E-state index contributed by atoms with van der Waals surface area (Å²) in [6, 6.07) is 0. The Balaban J connectivity index is 0.000000112. The summed E-state index contributed by atoms with van der Waals surface area (Å²) in [7, 11) is 0. The summed E-state index contributed by atoms with van der Waals surface area (Å²) in [5.41, 5.74) is 0. The van der Waals surface area contributed by atoms with Crippen molar-refractivity contribution in [3.63, 3.8) is 0 Å². The summed E-state index contributed by atoms with van der Waals surface area (Å²) in [6.45, 7) is 0. The lowest BCUT2D eigenvalue weighted by Gasteiger charge is -1.69. The van der Waals surface area contributed by atoms with Crippen molar-refractivity contribution in [2.24, 2.45) is 0 Å². The van der Waals surface area contributed by atoms with Crippen LogP contribution in [0, 0.1) is 0 Å². The zero-order valence-corrected chi connectivity index (χ0v) is 5.53. The molecule has 0 N–H and O–H groups in total. The summed E-state index contributed by atoms with van der Waals surface area (Å²) in [4.78, 5) is 10.7. The van der Waals surface area contributed by atoms with E-state index in [1.807, 2.05) is 0 Å². The molecule has 0 aliphatic rings. The van der Waals surface area contributed by atoms with Gasteiger partial charge in [0.15, 0.2) is 0 Å². The van der Waals surface area contributed by atoms with Crippen LogP contribution in [0.4, 0.5) is 0 Å². The van der Waals surface area contributed by atoms with Crippen molar-refractivity contribution >= 4 is 0 Å². The third kappa shape index (κ3) is 3.68. The minimum Gasteiger partial charge on any atom is -0.346 e. The Morgan fingerprint density at radius 1 is 0.909 bits per heavy atom. The first kappa shape index (κ1) is 7.26. The van der Waals surface area contributed by atoms with Gasteiger partial charge in [-0.3, -0.25) is 0 Å². The van der Waals surface area contributed by atoms with Crippen molar-refractivity contribution < 1.29 is 4.52 Å². The van der Waals surface area contributed by atoms with Crippen molar-refractivity contribution in [1.29, 1.82) is 0 Å². The van der Waals surface area contributed by atoms with Gasteiger partial charge in [-0.1, -0.05) is 0 Å². The molecule has 2 rings (SSSR count). The Bertz CT molecular complexity index is 201. The van der Waals surface area contributed by atoms with Crippen LogP contribution in [0.2, 0.25) is 0 Å². The second-order valence-electron chi connectivity index (χ2n) is 1.38. The zero-order chi connectivity index (χ0) is 7.78. The maximum absolute atomic E-state index is 4.22. The van der Waals surface area contributed by atoms with Crippen LogP contribution in [-0.2, 0) is 0 Å². The lowest BCUT2D eigenvalue weighted by Crippen LogP contribution is -1.73. The summed E-state index contributed by atoms with van der Waals surface area (Å²) < 4.78 is 4.22. The Morgan fingerprint density at radius 2 is 1.55 bits per heavy atom. The van der Waals surface area contributed by atoms with E-state index >= 15 is 0 Å². The van der Waals surface area contributed by atoms with E-state index in [0.717, 1.165) is 0 Å². The van der Waals surface area contributed by atoms with Gasteiger partial charge in [0.05, 0.1) is 6.20 Å². The van der Waals surface area contributed by atoms with Crippen LogP contribution in [0.15, 0.2) is 36.0 Å². The lowest BCUT2D eigenvalue weighted by atomic mass is 11.0. The normalized spacial score (nSPS) is 8.00. The van der Waals surface area contributed by atoms with Gasteiger partial charge in [-0.2, -0.15) is 0 Å². The molecular weight excluding hydrogens is 146 g/mol. The largest absolute Gasteiger partial charge is 0.346 e. The summed E-state index contributed by atoms with van der Waals surface area (Å²) in [5.74, 6) is 0. The van der Waals surface area contributed by atoms with E-state index in [1.165, 1.54) is 31.4 Å². The van der Waals surface area contributed by atoms with E-state index < -0.39 is 0 Å². The molecule has 6 heteroatoms. The molecule has 11 heavy (non-hydrogen) atoms. The molecule has 0 saturated carbocycles. The molecule has 0 unspecified atom stereocenters. The highest BCUT2D eigenvalue weighted by atomic mass is 16.5. The van der Waals surface area contributed by atoms with Crippen LogP contribution in [0.1, 0.15) is 0 Å². The van der Waals surface area contributed by atoms with E-state index in [0.29, 0.717) is 0 Å². The van der Waals surface area contributed by atoms with Crippen molar-refractivity contribution in [3.8, 4) is 0 Å². The molecule has 2 aromatic heterocycles. The van der Waals surface area contributed by atoms with Gasteiger partial charge in [0.1, 0.15) is 25.2 Å². The van der Waals surface area contributed by atoms with Crippen LogP contribution < -0.4 is 0 Å². The quantitative estimate of drug-likeness (QED) is 0.525. The molecule has 0 radical (unpaired) electrons. The van der Waals surface area contributed by atoms with E-state index in [9.17, 15) is 0 Å². The minimum absolute atomic E-state index is 1.40. The Morgan fingerprint density at radius 3 is 1.73 bits per heavy atom. The Hall–Kier alpha value is -1.85. The highest BCUT2D eigenvalue weighted by Crippen LogP contribution is 1.64. The van der Waals surface area contributed by atoms with Gasteiger partial charge in [-0.15, -0.1) is 5.10 Å². The van der Waals surface area contributed by atoms with Gasteiger partial charge in [-0.05, 0) is 0 Å². The SMILES string of the molecule is c1conn1.c1ncncn1. The fourth-order valence-electron chi connectivity index (χ4n) is 0.341. The maximum Gasteiger partial charge on any atom is 0.144 e. The van der Waals surface area contributed by atoms with Crippen molar-refractivity contribution in [1.82, 2.24) is 25.3 Å². The first-order valence-electron chi connectivity index (χ1n) is 2.76. The van der Waals surface area contributed by atoms with Gasteiger partial charge < -0.3 is 4.52 Å². The average molecular weight is 151 g/mol. The molecule has 2 heterocycles. The van der Waals surface area contributed by atoms with Gasteiger partial charge in [0.2, 0.25) is 0 Å². The first-order chi connectivity index (χ1) is 5.50. The molecule has 0 saturated heterocycles. The topological polar surface area (TPSA) is 77.6 Å². The average Bonchev–Trinajstić information content (AvgIpc) is 2.64. The van der Waals surface area contributed by atoms with Crippen LogP contribution in [0.3, 0.4) is 0 Å². The number of nitrogens with zero attached hydrogens (tertiary/aromatic N) is 5. The highest BCUT2D eigenvalue weighted by Gasteiger charge is 1.61. The summed E-state index contributed by atoms with van der Waals surface area (Å²) in [6.07, 6.45) is 7.19. The molecule has 56 valence electrons. The zero-order valence-electron chi connectivity index (χ0n) is 5.53. The summed E-state index contributed by atoms with van der Waals surface area (Å²) in [5, 5.41) is 6.40. The molecule has 0 aliphatic carbocycles. The smallest absolute Gasteiger partial charge is 0.144 e. The molecule has 0 aliphatic heterocycles. The third-order valence-corrected chi connectivity index (χ3v) is 0.683. The standard InChI is InChI=1S/C3H3N3.C2H2N2O/c1-4-2-6-3-5-1;1-2-5-4-3-1/h1-3H;1-2H. The molecule has 0 amide bonds. The van der Waals surface area contributed by atoms with Crippen molar-refractivity contribution in [3.05, 3.63) is 31.4 Å². The summed E-state index contributed by atoms with van der Waals surface area (Å²) >= 11 is 0. The number of hydrogen-bond acceptors (Lipinski definition) is 6. The predicted octanol–water partition coefficient (Wildman–Crippen LogP) is -0.0588. The second kappa shape index (κ2) is 4.98. The van der Waals surface area contributed by atoms with Crippen LogP contribution in [0.5, 0.6) is 0 Å². The van der Waals surface area contributed by atoms with Gasteiger partial charge in [0.25, 0.3) is 0 Å². The third-order valence-electron chi connectivity index (χ3n) is 0.683. The molecular formula is C5H5N5O. The number of aromatic nitrogens is 5. The molecule has 0 fully saturated rings. The molecule has 6 nitrogen and oxygen atoms in total. The number of hydrogen-bond donors (Lipinski definition) is 0. The molecule has 2 aromatic rings. The molecule has 0 spiro atoms. The predicted molar refractivity (Wildman–Crippen MR) is 34.1 cm³/mol. The van der Waals surface area contributed by atoms with Crippen molar-refractivity contribution in [2.45, 2.75) is 0 Å². The van der Waals surface area contributed by atoms with Crippen LogP contribution in [-0.4, -0.2) is 25.3 Å². The van der Waals surface area contributed by atoms with Gasteiger partial charge in [-0.25, -0.2) is 15.0 Å². The fourth-order valence-corrected chi connectivity index (χ4v) is 0.341. The highest BCUT2D eigenvalue weighted by molar-refractivity contribution is 4.51. The monoisotopic (exact) mass is 151 g/mol. The van der Waals surface area contributed by atoms with E-state index in [-0.39, 0.29) is 0 Å². The van der Waals surface area contributed by atoms with Crippen LogP contribution >= 0.6 is 0 Å². The Labute approximate surface area is 62.3 Å². The molecule has 0 atom stereocenters. The first-order valence-corrected chi connectivity index (χ1v) is 2.76. The van der Waals surface area contributed by atoms with Gasteiger partial charge >= 0.3 is 0 Å². The van der Waals surface area contributed by atoms with E-state index in [1.54, 1.807) is 0 Å². The Kier molecular flexibility index (Phi) is 3.28. The van der Waals surface area contributed by atoms with E-state index in [2.05, 4.69) is 29.8 Å².